The number of hydrogen-bond acceptors (Lipinski definition) is 4. The van der Waals surface area contributed by atoms with Gasteiger partial charge in [0.25, 0.3) is 0 Å². The van der Waals surface area contributed by atoms with Crippen molar-refractivity contribution in [1.29, 1.82) is 0 Å². The lowest BCUT2D eigenvalue weighted by Crippen LogP contribution is -2.56. The molecular weight excluding hydrogens is 462 g/mol. The van der Waals surface area contributed by atoms with Gasteiger partial charge in [0, 0.05) is 18.5 Å². The molecule has 0 fully saturated rings. The number of benzene rings is 2. The SMILES string of the molecule is CC(C)CC(C(=O)NC(Cc1ccc(OCc2ccccc2)cc1)C(=O)NC(C)(C)C)N(C)CC(C)C. The molecule has 0 aliphatic rings. The second kappa shape index (κ2) is 14.2. The van der Waals surface area contributed by atoms with Crippen LogP contribution in [-0.4, -0.2) is 47.9 Å². The Morgan fingerprint density at radius 3 is 2.03 bits per heavy atom. The van der Waals surface area contributed by atoms with Crippen molar-refractivity contribution in [2.24, 2.45) is 11.8 Å². The quantitative estimate of drug-likeness (QED) is 0.389. The third-order valence-corrected chi connectivity index (χ3v) is 5.93. The minimum atomic E-state index is -0.676. The average molecular weight is 510 g/mol. The molecule has 6 nitrogen and oxygen atoms in total. The molecule has 2 rings (SSSR count). The van der Waals surface area contributed by atoms with Gasteiger partial charge >= 0.3 is 0 Å². The highest BCUT2D eigenvalue weighted by molar-refractivity contribution is 5.90. The zero-order chi connectivity index (χ0) is 27.6. The molecule has 0 saturated carbocycles. The van der Waals surface area contributed by atoms with Crippen LogP contribution in [0.1, 0.15) is 66.0 Å². The van der Waals surface area contributed by atoms with Gasteiger partial charge in [0.15, 0.2) is 0 Å². The van der Waals surface area contributed by atoms with Crippen LogP contribution in [0.4, 0.5) is 0 Å². The summed E-state index contributed by atoms with van der Waals surface area (Å²) in [7, 11) is 1.99. The molecule has 37 heavy (non-hydrogen) atoms. The molecule has 2 atom stereocenters. The highest BCUT2D eigenvalue weighted by Gasteiger charge is 2.30. The molecule has 6 heteroatoms. The van der Waals surface area contributed by atoms with Crippen LogP contribution in [0, 0.1) is 11.8 Å². The maximum absolute atomic E-state index is 13.5. The number of amides is 2. The molecule has 2 aromatic carbocycles. The first-order chi connectivity index (χ1) is 17.3. The van der Waals surface area contributed by atoms with E-state index in [0.29, 0.717) is 24.9 Å². The van der Waals surface area contributed by atoms with E-state index in [1.165, 1.54) is 0 Å². The highest BCUT2D eigenvalue weighted by Crippen LogP contribution is 2.17. The summed E-state index contributed by atoms with van der Waals surface area (Å²) < 4.78 is 5.90. The van der Waals surface area contributed by atoms with Crippen LogP contribution in [0.15, 0.2) is 54.6 Å². The molecule has 2 unspecified atom stereocenters. The minimum absolute atomic E-state index is 0.103. The van der Waals surface area contributed by atoms with Crippen LogP contribution >= 0.6 is 0 Å². The number of hydrogen-bond donors (Lipinski definition) is 2. The van der Waals surface area contributed by atoms with Crippen LogP contribution in [-0.2, 0) is 22.6 Å². The van der Waals surface area contributed by atoms with Gasteiger partial charge in [0.05, 0.1) is 6.04 Å². The molecule has 0 saturated heterocycles. The fourth-order valence-electron chi connectivity index (χ4n) is 4.27. The number of nitrogens with zero attached hydrogens (tertiary/aromatic N) is 1. The Morgan fingerprint density at radius 2 is 1.49 bits per heavy atom. The Morgan fingerprint density at radius 1 is 0.865 bits per heavy atom. The average Bonchev–Trinajstić information content (AvgIpc) is 2.80. The third-order valence-electron chi connectivity index (χ3n) is 5.93. The first-order valence-electron chi connectivity index (χ1n) is 13.4. The van der Waals surface area contributed by atoms with Crippen molar-refractivity contribution in [2.45, 2.75) is 85.5 Å². The van der Waals surface area contributed by atoms with Gasteiger partial charge in [-0.05, 0) is 69.3 Å². The van der Waals surface area contributed by atoms with Crippen molar-refractivity contribution >= 4 is 11.8 Å². The van der Waals surface area contributed by atoms with Gasteiger partial charge in [-0.3, -0.25) is 14.5 Å². The van der Waals surface area contributed by atoms with E-state index in [-0.39, 0.29) is 17.9 Å². The Hall–Kier alpha value is -2.86. The number of likely N-dealkylation sites (N-methyl/N-ethyl adjacent to an activating group) is 1. The lowest BCUT2D eigenvalue weighted by molar-refractivity contribution is -0.132. The Kier molecular flexibility index (Phi) is 11.6. The second-order valence-electron chi connectivity index (χ2n) is 11.9. The van der Waals surface area contributed by atoms with E-state index in [0.717, 1.165) is 29.8 Å². The first-order valence-corrected chi connectivity index (χ1v) is 13.4. The maximum Gasteiger partial charge on any atom is 0.243 e. The number of carbonyl (C=O) groups excluding carboxylic acids is 2. The van der Waals surface area contributed by atoms with E-state index < -0.39 is 11.6 Å². The van der Waals surface area contributed by atoms with Gasteiger partial charge in [-0.25, -0.2) is 0 Å². The van der Waals surface area contributed by atoms with E-state index in [1.54, 1.807) is 0 Å². The summed E-state index contributed by atoms with van der Waals surface area (Å²) in [5.41, 5.74) is 1.66. The summed E-state index contributed by atoms with van der Waals surface area (Å²) in [4.78, 5) is 28.9. The molecule has 0 bridgehead atoms. The highest BCUT2D eigenvalue weighted by atomic mass is 16.5. The summed E-state index contributed by atoms with van der Waals surface area (Å²) in [5, 5.41) is 6.13. The van der Waals surface area contributed by atoms with Gasteiger partial charge in [-0.1, -0.05) is 70.2 Å². The molecule has 0 aliphatic heterocycles. The van der Waals surface area contributed by atoms with Crippen molar-refractivity contribution in [3.05, 3.63) is 65.7 Å². The number of carbonyl (C=O) groups is 2. The maximum atomic E-state index is 13.5. The standard InChI is InChI=1S/C31H47N3O3/c1-22(2)18-28(34(8)20-23(3)4)30(36)32-27(29(35)33-31(5,6)7)19-24-14-16-26(17-15-24)37-21-25-12-10-9-11-13-25/h9-17,22-23,27-28H,18-21H2,1-8H3,(H,32,36)(H,33,35). The lowest BCUT2D eigenvalue weighted by atomic mass is 9.99. The molecular formula is C31H47N3O3. The van der Waals surface area contributed by atoms with E-state index in [4.69, 9.17) is 4.74 Å². The van der Waals surface area contributed by atoms with Crippen LogP contribution < -0.4 is 15.4 Å². The molecule has 2 aromatic rings. The topological polar surface area (TPSA) is 70.7 Å². The van der Waals surface area contributed by atoms with Crippen molar-refractivity contribution < 1.29 is 14.3 Å². The van der Waals surface area contributed by atoms with Gasteiger partial charge in [0.1, 0.15) is 18.4 Å². The summed E-state index contributed by atoms with van der Waals surface area (Å²) in [6.07, 6.45) is 1.13. The molecule has 0 radical (unpaired) electrons. The van der Waals surface area contributed by atoms with E-state index in [2.05, 4.69) is 43.2 Å². The zero-order valence-electron chi connectivity index (χ0n) is 24.0. The second-order valence-corrected chi connectivity index (χ2v) is 11.9. The molecule has 0 spiro atoms. The molecule has 0 aromatic heterocycles. The van der Waals surface area contributed by atoms with Crippen molar-refractivity contribution in [3.8, 4) is 5.75 Å². The van der Waals surface area contributed by atoms with Crippen LogP contribution in [0.5, 0.6) is 5.75 Å². The fraction of sp³-hybridized carbons (Fsp3) is 0.548. The summed E-state index contributed by atoms with van der Waals surface area (Å²) >= 11 is 0. The Labute approximate surface area is 224 Å². The van der Waals surface area contributed by atoms with Gasteiger partial charge in [-0.15, -0.1) is 0 Å². The zero-order valence-corrected chi connectivity index (χ0v) is 24.0. The molecule has 0 aliphatic carbocycles. The van der Waals surface area contributed by atoms with E-state index >= 15 is 0 Å². The van der Waals surface area contributed by atoms with Gasteiger partial charge in [0.2, 0.25) is 11.8 Å². The largest absolute Gasteiger partial charge is 0.489 e. The normalized spacial score (nSPS) is 13.5. The van der Waals surface area contributed by atoms with E-state index in [1.807, 2.05) is 82.4 Å². The fourth-order valence-corrected chi connectivity index (χ4v) is 4.27. The summed E-state index contributed by atoms with van der Waals surface area (Å²) in [6, 6.07) is 16.8. The number of ether oxygens (including phenoxy) is 1. The molecule has 204 valence electrons. The Balaban J connectivity index is 2.15. The predicted molar refractivity (Wildman–Crippen MR) is 151 cm³/mol. The van der Waals surface area contributed by atoms with Crippen molar-refractivity contribution in [1.82, 2.24) is 15.5 Å². The van der Waals surface area contributed by atoms with Crippen LogP contribution in [0.2, 0.25) is 0 Å². The summed E-state index contributed by atoms with van der Waals surface area (Å²) in [5.74, 6) is 1.28. The third kappa shape index (κ3) is 11.4. The van der Waals surface area contributed by atoms with Gasteiger partial charge in [-0.2, -0.15) is 0 Å². The van der Waals surface area contributed by atoms with E-state index in [9.17, 15) is 9.59 Å². The number of rotatable bonds is 13. The van der Waals surface area contributed by atoms with Crippen molar-refractivity contribution in [2.75, 3.05) is 13.6 Å². The number of nitrogens with one attached hydrogen (secondary N) is 2. The lowest BCUT2D eigenvalue weighted by Gasteiger charge is -2.32. The predicted octanol–water partition coefficient (Wildman–Crippen LogP) is 5.21. The van der Waals surface area contributed by atoms with Crippen molar-refractivity contribution in [3.63, 3.8) is 0 Å². The molecule has 2 N–H and O–H groups in total. The Bertz CT molecular complexity index is 965. The first kappa shape index (κ1) is 30.4. The van der Waals surface area contributed by atoms with Gasteiger partial charge < -0.3 is 15.4 Å². The van der Waals surface area contributed by atoms with Crippen LogP contribution in [0.25, 0.3) is 0 Å². The minimum Gasteiger partial charge on any atom is -0.489 e. The monoisotopic (exact) mass is 509 g/mol. The molecule has 0 heterocycles. The smallest absolute Gasteiger partial charge is 0.243 e. The molecule has 2 amide bonds. The van der Waals surface area contributed by atoms with Crippen LogP contribution in [0.3, 0.4) is 0 Å². The summed E-state index contributed by atoms with van der Waals surface area (Å²) in [6.45, 7) is 15.7.